The van der Waals surface area contributed by atoms with E-state index in [1.54, 1.807) is 19.1 Å². The number of rotatable bonds is 4. The molecule has 204 valence electrons. The van der Waals surface area contributed by atoms with Gasteiger partial charge in [0.05, 0.1) is 18.0 Å². The Labute approximate surface area is 223 Å². The van der Waals surface area contributed by atoms with Crippen LogP contribution in [0.1, 0.15) is 73.1 Å². The van der Waals surface area contributed by atoms with E-state index in [9.17, 15) is 24.6 Å². The molecule has 10 unspecified atom stereocenters. The number of carbonyl (C=O) groups excluding carboxylic acids is 3. The van der Waals surface area contributed by atoms with Gasteiger partial charge in [0.2, 0.25) is 5.12 Å². The Morgan fingerprint density at radius 1 is 1.19 bits per heavy atom. The summed E-state index contributed by atoms with van der Waals surface area (Å²) in [5.74, 6) is -0.734. The first-order chi connectivity index (χ1) is 17.3. The molecule has 7 nitrogen and oxygen atoms in total. The van der Waals surface area contributed by atoms with Crippen molar-refractivity contribution in [1.82, 2.24) is 0 Å². The van der Waals surface area contributed by atoms with Crippen LogP contribution in [-0.4, -0.2) is 56.9 Å². The minimum Gasteiger partial charge on any atom is -0.449 e. The fourth-order valence-electron chi connectivity index (χ4n) is 8.99. The molecule has 4 fully saturated rings. The molecular formula is C29H40O7S. The number of ketones is 1. The van der Waals surface area contributed by atoms with Crippen LogP contribution in [0.4, 0.5) is 0 Å². The number of allylic oxidation sites excluding steroid dienone is 4. The Kier molecular flexibility index (Phi) is 6.62. The summed E-state index contributed by atoms with van der Waals surface area (Å²) >= 11 is 1.04. The van der Waals surface area contributed by atoms with E-state index in [4.69, 9.17) is 9.47 Å². The average molecular weight is 533 g/mol. The molecule has 0 bridgehead atoms. The van der Waals surface area contributed by atoms with Crippen LogP contribution < -0.4 is 0 Å². The van der Waals surface area contributed by atoms with Crippen molar-refractivity contribution < 1.29 is 34.1 Å². The van der Waals surface area contributed by atoms with Crippen molar-refractivity contribution in [2.45, 2.75) is 96.4 Å². The molecule has 2 N–H and O–H groups in total. The highest BCUT2D eigenvalue weighted by Crippen LogP contribution is 2.75. The molecule has 8 heteroatoms. The number of hydrogen-bond donors (Lipinski definition) is 2. The van der Waals surface area contributed by atoms with E-state index in [1.165, 1.54) is 0 Å². The molecule has 10 atom stereocenters. The molecule has 5 aliphatic rings. The number of aliphatic hydroxyl groups excluding tert-OH is 2. The maximum atomic E-state index is 14.3. The van der Waals surface area contributed by atoms with Crippen molar-refractivity contribution in [2.24, 2.45) is 34.0 Å². The summed E-state index contributed by atoms with van der Waals surface area (Å²) in [7, 11) is 0. The van der Waals surface area contributed by atoms with Gasteiger partial charge in [-0.2, -0.15) is 0 Å². The summed E-state index contributed by atoms with van der Waals surface area (Å²) in [6, 6.07) is 0. The van der Waals surface area contributed by atoms with Gasteiger partial charge >= 0.3 is 5.97 Å². The zero-order valence-electron chi connectivity index (χ0n) is 22.5. The van der Waals surface area contributed by atoms with Crippen molar-refractivity contribution >= 4 is 28.6 Å². The van der Waals surface area contributed by atoms with Crippen molar-refractivity contribution in [1.29, 1.82) is 0 Å². The van der Waals surface area contributed by atoms with Crippen LogP contribution >= 0.6 is 11.8 Å². The minimum absolute atomic E-state index is 0.00652. The van der Waals surface area contributed by atoms with E-state index in [2.05, 4.69) is 13.8 Å². The van der Waals surface area contributed by atoms with Crippen LogP contribution in [0.5, 0.6) is 0 Å². The number of carbonyl (C=O) groups is 3. The molecule has 1 heterocycles. The van der Waals surface area contributed by atoms with Gasteiger partial charge in [-0.1, -0.05) is 58.0 Å². The van der Waals surface area contributed by atoms with Gasteiger partial charge in [-0.05, 0) is 55.6 Å². The fourth-order valence-corrected chi connectivity index (χ4v) is 10.3. The van der Waals surface area contributed by atoms with Crippen LogP contribution in [-0.2, 0) is 23.9 Å². The van der Waals surface area contributed by atoms with Crippen molar-refractivity contribution in [3.8, 4) is 0 Å². The standard InChI is InChI=1S/C29H40O7S/c1-6-22(32)36-29(25(34)37-21-10-12-35-24(21)33)16(2)14-27(4)19-8-7-17-13-18(30)9-11-26(17,3)23(19)20(31)15-28(27,29)5/h9,11,13,16,19-21,23-24,31,33H,6-8,10,12,14-15H2,1-5H3. The smallest absolute Gasteiger partial charge is 0.306 e. The van der Waals surface area contributed by atoms with Gasteiger partial charge in [0.1, 0.15) is 0 Å². The molecule has 3 saturated carbocycles. The molecule has 4 aliphatic carbocycles. The van der Waals surface area contributed by atoms with Crippen molar-refractivity contribution in [2.75, 3.05) is 6.61 Å². The summed E-state index contributed by atoms with van der Waals surface area (Å²) in [5.41, 5.74) is -1.99. The normalized spacial score (nSPS) is 48.6. The van der Waals surface area contributed by atoms with Gasteiger partial charge in [-0.15, -0.1) is 0 Å². The lowest BCUT2D eigenvalue weighted by Crippen LogP contribution is -2.66. The Balaban J connectivity index is 1.59. The first-order valence-electron chi connectivity index (χ1n) is 13.7. The number of ether oxygens (including phenoxy) is 2. The predicted molar refractivity (Wildman–Crippen MR) is 139 cm³/mol. The molecule has 37 heavy (non-hydrogen) atoms. The lowest BCUT2D eigenvalue weighted by atomic mass is 9.41. The fraction of sp³-hybridized carbons (Fsp3) is 0.759. The molecule has 0 aromatic carbocycles. The SMILES string of the molecule is CCC(=O)OC1(C(=O)SC2CCOC2O)C(C)CC2(C)C3CCC4=CC(=O)C=CC4(C)C3C(O)CC21C. The third kappa shape index (κ3) is 3.61. The highest BCUT2D eigenvalue weighted by atomic mass is 32.2. The molecule has 0 spiro atoms. The maximum Gasteiger partial charge on any atom is 0.306 e. The summed E-state index contributed by atoms with van der Waals surface area (Å²) in [6.07, 6.45) is 6.81. The van der Waals surface area contributed by atoms with Crippen molar-refractivity contribution in [3.05, 3.63) is 23.8 Å². The van der Waals surface area contributed by atoms with E-state index < -0.39 is 45.5 Å². The molecule has 0 radical (unpaired) electrons. The van der Waals surface area contributed by atoms with Crippen LogP contribution in [0, 0.1) is 34.0 Å². The molecule has 1 aliphatic heterocycles. The largest absolute Gasteiger partial charge is 0.449 e. The van der Waals surface area contributed by atoms with Crippen LogP contribution in [0.25, 0.3) is 0 Å². The minimum atomic E-state index is -1.43. The summed E-state index contributed by atoms with van der Waals surface area (Å²) in [5, 5.41) is 21.5. The van der Waals surface area contributed by atoms with Crippen molar-refractivity contribution in [3.63, 3.8) is 0 Å². The molecule has 1 saturated heterocycles. The lowest BCUT2D eigenvalue weighted by molar-refractivity contribution is -0.216. The van der Waals surface area contributed by atoms with Gasteiger partial charge in [0, 0.05) is 29.1 Å². The van der Waals surface area contributed by atoms with Gasteiger partial charge in [-0.3, -0.25) is 14.4 Å². The second-order valence-corrected chi connectivity index (χ2v) is 13.8. The number of aliphatic hydroxyl groups is 2. The first-order valence-corrected chi connectivity index (χ1v) is 14.6. The maximum absolute atomic E-state index is 14.3. The van der Waals surface area contributed by atoms with E-state index in [0.717, 1.165) is 30.2 Å². The molecule has 5 rings (SSSR count). The zero-order valence-corrected chi connectivity index (χ0v) is 23.3. The summed E-state index contributed by atoms with van der Waals surface area (Å²) in [4.78, 5) is 39.4. The highest BCUT2D eigenvalue weighted by molar-refractivity contribution is 8.14. The number of thioether (sulfide) groups is 1. The van der Waals surface area contributed by atoms with Crippen LogP contribution in [0.3, 0.4) is 0 Å². The van der Waals surface area contributed by atoms with Gasteiger partial charge in [0.15, 0.2) is 17.7 Å². The second kappa shape index (κ2) is 9.04. The monoisotopic (exact) mass is 532 g/mol. The molecular weight excluding hydrogens is 492 g/mol. The number of fused-ring (bicyclic) bond motifs is 5. The molecule has 0 aromatic rings. The second-order valence-electron chi connectivity index (χ2n) is 12.5. The van der Waals surface area contributed by atoms with Gasteiger partial charge in [0.25, 0.3) is 0 Å². The Hall–Kier alpha value is -1.48. The van der Waals surface area contributed by atoms with Gasteiger partial charge in [-0.25, -0.2) is 0 Å². The van der Waals surface area contributed by atoms with E-state index in [-0.39, 0.29) is 35.1 Å². The molecule has 0 amide bonds. The lowest BCUT2D eigenvalue weighted by Gasteiger charge is -2.64. The summed E-state index contributed by atoms with van der Waals surface area (Å²) in [6.45, 7) is 10.5. The average Bonchev–Trinajstić information content (AvgIpc) is 3.31. The first kappa shape index (κ1) is 27.1. The topological polar surface area (TPSA) is 110 Å². The number of hydrogen-bond acceptors (Lipinski definition) is 8. The molecule has 0 aromatic heterocycles. The van der Waals surface area contributed by atoms with Crippen LogP contribution in [0.15, 0.2) is 23.8 Å². The van der Waals surface area contributed by atoms with E-state index in [0.29, 0.717) is 25.9 Å². The Morgan fingerprint density at radius 3 is 2.57 bits per heavy atom. The van der Waals surface area contributed by atoms with E-state index in [1.807, 2.05) is 19.9 Å². The Morgan fingerprint density at radius 2 is 1.92 bits per heavy atom. The zero-order chi connectivity index (χ0) is 27.0. The van der Waals surface area contributed by atoms with Crippen LogP contribution in [0.2, 0.25) is 0 Å². The van der Waals surface area contributed by atoms with E-state index >= 15 is 0 Å². The Bertz CT molecular complexity index is 1070. The quantitative estimate of drug-likeness (QED) is 0.524. The third-order valence-corrected chi connectivity index (χ3v) is 12.2. The van der Waals surface area contributed by atoms with Gasteiger partial charge < -0.3 is 19.7 Å². The highest BCUT2D eigenvalue weighted by Gasteiger charge is 2.77. The predicted octanol–water partition coefficient (Wildman–Crippen LogP) is 3.96. The third-order valence-electron chi connectivity index (χ3n) is 10.9. The summed E-state index contributed by atoms with van der Waals surface area (Å²) < 4.78 is 11.6. The number of esters is 1.